The summed E-state index contributed by atoms with van der Waals surface area (Å²) in [6.07, 6.45) is -0.241. The molecule has 0 spiro atoms. The van der Waals surface area contributed by atoms with Gasteiger partial charge in [0.2, 0.25) is 11.8 Å². The van der Waals surface area contributed by atoms with Gasteiger partial charge in [-0.2, -0.15) is 0 Å². The normalized spacial score (nSPS) is 12.2. The van der Waals surface area contributed by atoms with Crippen molar-refractivity contribution in [3.63, 3.8) is 0 Å². The van der Waals surface area contributed by atoms with Crippen LogP contribution in [0, 0.1) is 5.92 Å². The highest BCUT2D eigenvalue weighted by Gasteiger charge is 2.30. The molecule has 192 valence electrons. The first-order valence-electron chi connectivity index (χ1n) is 10.9. The fourth-order valence-corrected chi connectivity index (χ4v) is 3.10. The monoisotopic (exact) mass is 492 g/mol. The first-order valence-corrected chi connectivity index (χ1v) is 10.9. The summed E-state index contributed by atoms with van der Waals surface area (Å²) in [5, 5.41) is 22.9. The summed E-state index contributed by atoms with van der Waals surface area (Å²) < 4.78 is 0. The second-order valence-corrected chi connectivity index (χ2v) is 8.10. The number of carboxylic acids is 2. The van der Waals surface area contributed by atoms with Crippen molar-refractivity contribution in [2.75, 3.05) is 13.1 Å². The first-order chi connectivity index (χ1) is 16.3. The van der Waals surface area contributed by atoms with Crippen molar-refractivity contribution in [1.82, 2.24) is 15.5 Å². The minimum absolute atomic E-state index is 0.142. The minimum Gasteiger partial charge on any atom is -0.481 e. The van der Waals surface area contributed by atoms with E-state index in [-0.39, 0.29) is 18.1 Å². The number of rotatable bonds is 13. The van der Waals surface area contributed by atoms with Crippen molar-refractivity contribution in [2.24, 2.45) is 22.4 Å². The number of hydrogen-bond acceptors (Lipinski definition) is 6. The Labute approximate surface area is 202 Å². The van der Waals surface area contributed by atoms with Crippen LogP contribution >= 0.6 is 0 Å². The Morgan fingerprint density at radius 1 is 1.03 bits per heavy atom. The van der Waals surface area contributed by atoms with E-state index < -0.39 is 60.6 Å². The largest absolute Gasteiger partial charge is 0.481 e. The maximum atomic E-state index is 12.9. The Morgan fingerprint density at radius 2 is 1.63 bits per heavy atom. The molecule has 1 aromatic rings. The van der Waals surface area contributed by atoms with Crippen LogP contribution in [-0.2, 0) is 19.2 Å². The predicted octanol–water partition coefficient (Wildman–Crippen LogP) is -0.371. The van der Waals surface area contributed by atoms with Gasteiger partial charge in [-0.1, -0.05) is 20.8 Å². The fourth-order valence-electron chi connectivity index (χ4n) is 3.10. The molecule has 0 fully saturated rings. The average Bonchev–Trinajstić information content (AvgIpc) is 2.75. The molecule has 0 aliphatic heterocycles. The Kier molecular flexibility index (Phi) is 11.2. The zero-order valence-corrected chi connectivity index (χ0v) is 19.9. The summed E-state index contributed by atoms with van der Waals surface area (Å²) in [7, 11) is 0. The number of carbonyl (C=O) groups excluding carboxylic acids is 3. The molecule has 13 heteroatoms. The van der Waals surface area contributed by atoms with Gasteiger partial charge in [-0.3, -0.25) is 19.2 Å². The summed E-state index contributed by atoms with van der Waals surface area (Å²) in [5.41, 5.74) is 11.4. The van der Waals surface area contributed by atoms with Crippen LogP contribution in [0.2, 0.25) is 0 Å². The quantitative estimate of drug-likeness (QED) is 0.156. The highest BCUT2D eigenvalue weighted by Crippen LogP contribution is 2.14. The molecule has 13 nitrogen and oxygen atoms in total. The van der Waals surface area contributed by atoms with E-state index in [4.69, 9.17) is 16.6 Å². The van der Waals surface area contributed by atoms with Crippen LogP contribution in [0.3, 0.4) is 0 Å². The van der Waals surface area contributed by atoms with Crippen LogP contribution in [0.5, 0.6) is 0 Å². The molecule has 2 atom stereocenters. The van der Waals surface area contributed by atoms with Gasteiger partial charge in [0.05, 0.1) is 18.7 Å². The third-order valence-electron chi connectivity index (χ3n) is 4.75. The second-order valence-electron chi connectivity index (χ2n) is 8.10. The zero-order valence-electron chi connectivity index (χ0n) is 19.9. The highest BCUT2D eigenvalue weighted by atomic mass is 16.4. The van der Waals surface area contributed by atoms with E-state index in [2.05, 4.69) is 15.6 Å². The fraction of sp³-hybridized carbons (Fsp3) is 0.455. The number of nitrogens with one attached hydrogen (secondary N) is 2. The summed E-state index contributed by atoms with van der Waals surface area (Å²) in [6, 6.07) is 3.23. The molecule has 0 bridgehead atoms. The zero-order chi connectivity index (χ0) is 26.7. The van der Waals surface area contributed by atoms with E-state index in [1.807, 2.05) is 0 Å². The van der Waals surface area contributed by atoms with Crippen LogP contribution in [0.15, 0.2) is 29.3 Å². The number of carbonyl (C=O) groups is 5. The van der Waals surface area contributed by atoms with Crippen LogP contribution in [0.25, 0.3) is 0 Å². The van der Waals surface area contributed by atoms with Gasteiger partial charge < -0.3 is 37.2 Å². The second kappa shape index (κ2) is 13.5. The van der Waals surface area contributed by atoms with Gasteiger partial charge in [-0.25, -0.2) is 9.79 Å². The van der Waals surface area contributed by atoms with Gasteiger partial charge in [-0.05, 0) is 36.6 Å². The topological polar surface area (TPSA) is 218 Å². The average molecular weight is 493 g/mol. The van der Waals surface area contributed by atoms with Gasteiger partial charge in [0.1, 0.15) is 12.1 Å². The maximum absolute atomic E-state index is 12.9. The van der Waals surface area contributed by atoms with Gasteiger partial charge in [0.15, 0.2) is 5.96 Å². The summed E-state index contributed by atoms with van der Waals surface area (Å²) >= 11 is 0. The lowest BCUT2D eigenvalue weighted by molar-refractivity contribution is -0.144. The lowest BCUT2D eigenvalue weighted by Gasteiger charge is -2.25. The summed E-state index contributed by atoms with van der Waals surface area (Å²) in [4.78, 5) is 65.8. The number of aliphatic imine (C=N–C) groups is 1. The highest BCUT2D eigenvalue weighted by molar-refractivity contribution is 5.98. The standard InChI is InChI=1S/C22H32N6O7/c1-4-9-28(20(33)13-5-7-14(8-6-13)25-22(23)24)11-16(29)26-15(10-17(30)31)19(32)27-18(12(2)3)21(34)35/h5-8,12,15,18H,4,9-11H2,1-3H3,(H,26,29)(H,27,32)(H,30,31)(H,34,35)(H4,23,24,25)/t15-,18-/m0/s1. The van der Waals surface area contributed by atoms with Crippen molar-refractivity contribution >= 4 is 41.3 Å². The van der Waals surface area contributed by atoms with Crippen LogP contribution in [0.4, 0.5) is 5.69 Å². The van der Waals surface area contributed by atoms with Crippen molar-refractivity contribution in [3.8, 4) is 0 Å². The lowest BCUT2D eigenvalue weighted by atomic mass is 10.0. The van der Waals surface area contributed by atoms with Crippen molar-refractivity contribution in [1.29, 1.82) is 0 Å². The van der Waals surface area contributed by atoms with E-state index >= 15 is 0 Å². The van der Waals surface area contributed by atoms with Gasteiger partial charge in [0.25, 0.3) is 5.91 Å². The third-order valence-corrected chi connectivity index (χ3v) is 4.75. The number of amides is 3. The molecule has 8 N–H and O–H groups in total. The van der Waals surface area contributed by atoms with Crippen LogP contribution < -0.4 is 22.1 Å². The molecule has 0 saturated carbocycles. The molecule has 0 aliphatic rings. The van der Waals surface area contributed by atoms with E-state index in [0.29, 0.717) is 12.1 Å². The minimum atomic E-state index is -1.53. The molecule has 1 rings (SSSR count). The molecule has 1 aromatic carbocycles. The Hall–Kier alpha value is -4.16. The molecule has 0 radical (unpaired) electrons. The van der Waals surface area contributed by atoms with Crippen molar-refractivity contribution < 1.29 is 34.2 Å². The first kappa shape index (κ1) is 28.9. The molecule has 0 unspecified atom stereocenters. The molecule has 0 heterocycles. The Bertz CT molecular complexity index is 958. The predicted molar refractivity (Wildman–Crippen MR) is 127 cm³/mol. The van der Waals surface area contributed by atoms with E-state index in [9.17, 15) is 29.1 Å². The van der Waals surface area contributed by atoms with E-state index in [1.165, 1.54) is 29.2 Å². The van der Waals surface area contributed by atoms with Crippen LogP contribution in [-0.4, -0.2) is 75.9 Å². The molecule has 0 saturated heterocycles. The third kappa shape index (κ3) is 9.70. The Morgan fingerprint density at radius 3 is 2.09 bits per heavy atom. The molecular formula is C22H32N6O7. The summed E-state index contributed by atoms with van der Waals surface area (Å²) in [5.74, 6) is -5.48. The molecule has 3 amide bonds. The molecule has 0 aromatic heterocycles. The number of guanidine groups is 1. The molecular weight excluding hydrogens is 460 g/mol. The SMILES string of the molecule is CCCN(CC(=O)N[C@@H](CC(=O)O)C(=O)N[C@H](C(=O)O)C(C)C)C(=O)c1ccc(N=C(N)N)cc1. The van der Waals surface area contributed by atoms with E-state index in [1.54, 1.807) is 20.8 Å². The smallest absolute Gasteiger partial charge is 0.326 e. The number of nitrogens with zero attached hydrogens (tertiary/aromatic N) is 2. The van der Waals surface area contributed by atoms with Gasteiger partial charge in [0, 0.05) is 12.1 Å². The Balaban J connectivity index is 2.98. The van der Waals surface area contributed by atoms with Crippen molar-refractivity contribution in [3.05, 3.63) is 29.8 Å². The van der Waals surface area contributed by atoms with Crippen molar-refractivity contribution in [2.45, 2.75) is 45.7 Å². The maximum Gasteiger partial charge on any atom is 0.326 e. The number of hydrogen-bond donors (Lipinski definition) is 6. The number of aliphatic carboxylic acids is 2. The molecule has 35 heavy (non-hydrogen) atoms. The van der Waals surface area contributed by atoms with Crippen LogP contribution in [0.1, 0.15) is 44.0 Å². The van der Waals surface area contributed by atoms with Gasteiger partial charge in [-0.15, -0.1) is 0 Å². The number of carboxylic acid groups (broad SMARTS) is 2. The number of nitrogens with two attached hydrogens (primary N) is 2. The van der Waals surface area contributed by atoms with Gasteiger partial charge >= 0.3 is 11.9 Å². The summed E-state index contributed by atoms with van der Waals surface area (Å²) in [6.45, 7) is 4.72. The lowest BCUT2D eigenvalue weighted by Crippen LogP contribution is -2.55. The van der Waals surface area contributed by atoms with E-state index in [0.717, 1.165) is 0 Å². The number of benzene rings is 1. The molecule has 0 aliphatic carbocycles.